The van der Waals surface area contributed by atoms with Gasteiger partial charge in [0.2, 0.25) is 0 Å². The number of rotatable bonds is 6. The second-order valence-corrected chi connectivity index (χ2v) is 5.88. The van der Waals surface area contributed by atoms with Crippen molar-refractivity contribution in [1.29, 1.82) is 0 Å². The molecule has 2 heterocycles. The van der Waals surface area contributed by atoms with Crippen LogP contribution in [0, 0.1) is 5.92 Å². The van der Waals surface area contributed by atoms with Crippen LogP contribution in [0.4, 0.5) is 10.8 Å². The quantitative estimate of drug-likeness (QED) is 0.839. The molecule has 1 aromatic rings. The van der Waals surface area contributed by atoms with Crippen LogP contribution in [0.2, 0.25) is 0 Å². The maximum absolute atomic E-state index is 5.78. The van der Waals surface area contributed by atoms with Crippen molar-refractivity contribution in [3.05, 3.63) is 0 Å². The molecule has 0 atom stereocenters. The highest BCUT2D eigenvalue weighted by molar-refractivity contribution is 7.11. The van der Waals surface area contributed by atoms with Gasteiger partial charge in [-0.1, -0.05) is 6.92 Å². The predicted octanol–water partition coefficient (Wildman–Crippen LogP) is 2.27. The molecule has 0 aliphatic carbocycles. The molecular formula is C13H24N4OS. The largest absolute Gasteiger partial charge is 0.487 e. The zero-order chi connectivity index (χ0) is 13.7. The Hall–Kier alpha value is -1.01. The molecule has 0 amide bonds. The lowest BCUT2D eigenvalue weighted by Gasteiger charge is -2.30. The zero-order valence-electron chi connectivity index (χ0n) is 11.8. The number of ether oxygens (including phenoxy) is 1. The van der Waals surface area contributed by atoms with E-state index in [1.807, 2.05) is 6.92 Å². The Kier molecular flexibility index (Phi) is 5.27. The van der Waals surface area contributed by atoms with Gasteiger partial charge < -0.3 is 20.7 Å². The molecule has 5 nitrogen and oxygen atoms in total. The van der Waals surface area contributed by atoms with E-state index in [1.165, 1.54) is 37.5 Å². The number of aromatic nitrogens is 1. The molecule has 1 fully saturated rings. The molecule has 6 heteroatoms. The van der Waals surface area contributed by atoms with Crippen LogP contribution in [0.1, 0.15) is 26.7 Å². The highest BCUT2D eigenvalue weighted by Crippen LogP contribution is 2.34. The van der Waals surface area contributed by atoms with E-state index in [0.29, 0.717) is 18.2 Å². The molecule has 0 aromatic carbocycles. The minimum absolute atomic E-state index is 0.487. The summed E-state index contributed by atoms with van der Waals surface area (Å²) in [4.78, 5) is 2.51. The van der Waals surface area contributed by atoms with Crippen molar-refractivity contribution >= 4 is 22.4 Å². The third kappa shape index (κ3) is 3.98. The average molecular weight is 284 g/mol. The van der Waals surface area contributed by atoms with Crippen LogP contribution in [0.15, 0.2) is 0 Å². The van der Waals surface area contributed by atoms with Crippen molar-refractivity contribution in [2.24, 2.45) is 5.92 Å². The molecule has 1 aliphatic rings. The van der Waals surface area contributed by atoms with Gasteiger partial charge in [-0.15, -0.1) is 0 Å². The Bertz CT molecular complexity index is 388. The fraction of sp³-hybridized carbons (Fsp3) is 0.769. The molecule has 0 spiro atoms. The van der Waals surface area contributed by atoms with Gasteiger partial charge in [0.15, 0.2) is 16.6 Å². The van der Waals surface area contributed by atoms with E-state index in [0.717, 1.165) is 24.0 Å². The van der Waals surface area contributed by atoms with E-state index in [1.54, 1.807) is 0 Å². The normalized spacial score (nSPS) is 17.6. The van der Waals surface area contributed by atoms with Gasteiger partial charge in [-0.3, -0.25) is 0 Å². The lowest BCUT2D eigenvalue weighted by atomic mass is 9.99. The summed E-state index contributed by atoms with van der Waals surface area (Å²) >= 11 is 1.37. The highest BCUT2D eigenvalue weighted by Gasteiger charge is 2.16. The van der Waals surface area contributed by atoms with Crippen LogP contribution in [0.3, 0.4) is 0 Å². The molecule has 1 aromatic heterocycles. The van der Waals surface area contributed by atoms with Crippen LogP contribution >= 0.6 is 11.5 Å². The van der Waals surface area contributed by atoms with Gasteiger partial charge in [0.25, 0.3) is 0 Å². The number of nitrogens with one attached hydrogen (secondary N) is 1. The summed E-state index contributed by atoms with van der Waals surface area (Å²) in [6, 6.07) is 0. The van der Waals surface area contributed by atoms with Crippen LogP contribution in [0.25, 0.3) is 0 Å². The number of anilines is 2. The molecule has 0 bridgehead atoms. The average Bonchev–Trinajstić information content (AvgIpc) is 2.74. The highest BCUT2D eigenvalue weighted by atomic mass is 32.1. The van der Waals surface area contributed by atoms with Crippen LogP contribution < -0.4 is 15.8 Å². The molecule has 0 saturated carbocycles. The number of likely N-dealkylation sites (tertiary alicyclic amines) is 1. The monoisotopic (exact) mass is 284 g/mol. The Morgan fingerprint density at radius 3 is 2.89 bits per heavy atom. The van der Waals surface area contributed by atoms with Gasteiger partial charge in [0.1, 0.15) is 0 Å². The van der Waals surface area contributed by atoms with Crippen LogP contribution in [-0.2, 0) is 0 Å². The van der Waals surface area contributed by atoms with E-state index in [9.17, 15) is 0 Å². The number of hydrogen-bond acceptors (Lipinski definition) is 6. The van der Waals surface area contributed by atoms with E-state index >= 15 is 0 Å². The Morgan fingerprint density at radius 1 is 1.47 bits per heavy atom. The molecule has 2 rings (SSSR count). The third-order valence-electron chi connectivity index (χ3n) is 3.55. The SMILES string of the molecule is CCOc1c(N)nsc1NCCN1CCC(C)CC1. The molecule has 3 N–H and O–H groups in total. The van der Waals surface area contributed by atoms with Crippen LogP contribution in [0.5, 0.6) is 5.75 Å². The van der Waals surface area contributed by atoms with Gasteiger partial charge in [-0.2, -0.15) is 4.37 Å². The number of hydrogen-bond donors (Lipinski definition) is 2. The first-order chi connectivity index (χ1) is 9.20. The van der Waals surface area contributed by atoms with Crippen molar-refractivity contribution in [3.63, 3.8) is 0 Å². The Labute approximate surface area is 119 Å². The summed E-state index contributed by atoms with van der Waals surface area (Å²) in [6.07, 6.45) is 2.63. The lowest BCUT2D eigenvalue weighted by molar-refractivity contribution is 0.199. The van der Waals surface area contributed by atoms with Gasteiger partial charge in [-0.05, 0) is 50.3 Å². The Morgan fingerprint density at radius 2 is 2.21 bits per heavy atom. The summed E-state index contributed by atoms with van der Waals surface area (Å²) in [5.74, 6) is 2.08. The maximum atomic E-state index is 5.78. The lowest BCUT2D eigenvalue weighted by Crippen LogP contribution is -2.36. The van der Waals surface area contributed by atoms with Crippen molar-refractivity contribution in [2.45, 2.75) is 26.7 Å². The fourth-order valence-electron chi connectivity index (χ4n) is 2.30. The summed E-state index contributed by atoms with van der Waals surface area (Å²) in [6.45, 7) is 9.31. The number of piperidine rings is 1. The van der Waals surface area contributed by atoms with Crippen molar-refractivity contribution < 1.29 is 4.74 Å². The second-order valence-electron chi connectivity index (χ2n) is 5.11. The second kappa shape index (κ2) is 6.96. The predicted molar refractivity (Wildman–Crippen MR) is 81.0 cm³/mol. The molecule has 1 aliphatic heterocycles. The van der Waals surface area contributed by atoms with E-state index in [-0.39, 0.29) is 0 Å². The van der Waals surface area contributed by atoms with Gasteiger partial charge >= 0.3 is 0 Å². The molecule has 108 valence electrons. The molecule has 1 saturated heterocycles. The summed E-state index contributed by atoms with van der Waals surface area (Å²) in [5.41, 5.74) is 5.78. The number of nitrogens with zero attached hydrogens (tertiary/aromatic N) is 2. The van der Waals surface area contributed by atoms with Gasteiger partial charge in [-0.25, -0.2) is 0 Å². The molecule has 19 heavy (non-hydrogen) atoms. The first-order valence-electron chi connectivity index (χ1n) is 7.04. The summed E-state index contributed by atoms with van der Waals surface area (Å²) < 4.78 is 9.64. The van der Waals surface area contributed by atoms with Crippen LogP contribution in [-0.4, -0.2) is 42.1 Å². The minimum Gasteiger partial charge on any atom is -0.487 e. The van der Waals surface area contributed by atoms with Crippen molar-refractivity contribution in [1.82, 2.24) is 9.27 Å². The molecule has 0 radical (unpaired) electrons. The molecule has 0 unspecified atom stereocenters. The maximum Gasteiger partial charge on any atom is 0.197 e. The summed E-state index contributed by atoms with van der Waals surface area (Å²) in [5, 5.41) is 4.34. The third-order valence-corrected chi connectivity index (χ3v) is 4.35. The first-order valence-corrected chi connectivity index (χ1v) is 7.82. The number of nitrogen functional groups attached to an aromatic ring is 1. The fourth-order valence-corrected chi connectivity index (χ4v) is 2.99. The number of nitrogens with two attached hydrogens (primary N) is 1. The zero-order valence-corrected chi connectivity index (χ0v) is 12.6. The first kappa shape index (κ1) is 14.4. The summed E-state index contributed by atoms with van der Waals surface area (Å²) in [7, 11) is 0. The van der Waals surface area contributed by atoms with E-state index in [2.05, 4.69) is 21.5 Å². The van der Waals surface area contributed by atoms with Gasteiger partial charge in [0.05, 0.1) is 6.61 Å². The van der Waals surface area contributed by atoms with E-state index in [4.69, 9.17) is 10.5 Å². The Balaban J connectivity index is 1.76. The van der Waals surface area contributed by atoms with Crippen molar-refractivity contribution in [3.8, 4) is 5.75 Å². The van der Waals surface area contributed by atoms with E-state index < -0.39 is 0 Å². The topological polar surface area (TPSA) is 63.4 Å². The van der Waals surface area contributed by atoms with Crippen molar-refractivity contribution in [2.75, 3.05) is 43.8 Å². The molecular weight excluding hydrogens is 260 g/mol. The standard InChI is InChI=1S/C13H24N4OS/c1-3-18-11-12(14)16-19-13(11)15-6-9-17-7-4-10(2)5-8-17/h10,15H,3-9H2,1-2H3,(H2,14,16). The van der Waals surface area contributed by atoms with Gasteiger partial charge in [0, 0.05) is 13.1 Å². The minimum atomic E-state index is 0.487. The smallest absolute Gasteiger partial charge is 0.197 e.